The molecular formula is C15H14N4OS2. The van der Waals surface area contributed by atoms with Gasteiger partial charge in [-0.2, -0.15) is 0 Å². The van der Waals surface area contributed by atoms with Crippen LogP contribution in [0.1, 0.15) is 45.5 Å². The molecule has 1 fully saturated rings. The average molecular weight is 330 g/mol. The third-order valence-electron chi connectivity index (χ3n) is 3.79. The van der Waals surface area contributed by atoms with E-state index in [2.05, 4.69) is 20.3 Å². The molecule has 1 N–H and O–H groups in total. The molecule has 0 aliphatic heterocycles. The van der Waals surface area contributed by atoms with E-state index in [4.69, 9.17) is 0 Å². The van der Waals surface area contributed by atoms with Crippen LogP contribution in [0.4, 0.5) is 5.13 Å². The highest BCUT2D eigenvalue weighted by Crippen LogP contribution is 2.40. The van der Waals surface area contributed by atoms with Crippen molar-refractivity contribution in [3.8, 4) is 0 Å². The molecule has 3 heterocycles. The maximum absolute atomic E-state index is 12.5. The number of nitrogens with one attached hydrogen (secondary N) is 1. The highest BCUT2D eigenvalue weighted by atomic mass is 32.1. The predicted octanol–water partition coefficient (Wildman–Crippen LogP) is 3.89. The Morgan fingerprint density at radius 3 is 2.82 bits per heavy atom. The first-order valence-corrected chi connectivity index (χ1v) is 8.81. The van der Waals surface area contributed by atoms with Crippen molar-refractivity contribution in [1.82, 2.24) is 15.0 Å². The lowest BCUT2D eigenvalue weighted by molar-refractivity contribution is 0.103. The van der Waals surface area contributed by atoms with E-state index in [0.717, 1.165) is 27.3 Å². The molecule has 0 atom stereocenters. The SMILES string of the molecule is Cc1nc(C2CC2)nc2sc(C(=O)Nc3nccs3)c(C)c12. The van der Waals surface area contributed by atoms with Crippen molar-refractivity contribution in [3.63, 3.8) is 0 Å². The van der Waals surface area contributed by atoms with Crippen LogP contribution in [0.3, 0.4) is 0 Å². The summed E-state index contributed by atoms with van der Waals surface area (Å²) in [7, 11) is 0. The van der Waals surface area contributed by atoms with E-state index >= 15 is 0 Å². The smallest absolute Gasteiger partial charge is 0.267 e. The molecule has 1 saturated carbocycles. The molecule has 0 radical (unpaired) electrons. The Hall–Kier alpha value is -1.86. The summed E-state index contributed by atoms with van der Waals surface area (Å²) >= 11 is 2.85. The number of thiazole rings is 1. The molecule has 1 aliphatic carbocycles. The summed E-state index contributed by atoms with van der Waals surface area (Å²) in [5.74, 6) is 1.32. The Labute approximate surface area is 135 Å². The van der Waals surface area contributed by atoms with Gasteiger partial charge in [-0.15, -0.1) is 22.7 Å². The summed E-state index contributed by atoms with van der Waals surface area (Å²) in [6.07, 6.45) is 4.02. The van der Waals surface area contributed by atoms with E-state index in [1.54, 1.807) is 6.20 Å². The lowest BCUT2D eigenvalue weighted by Gasteiger charge is -2.02. The number of thiophene rings is 1. The van der Waals surface area contributed by atoms with Gasteiger partial charge in [0.05, 0.1) is 10.6 Å². The van der Waals surface area contributed by atoms with Gasteiger partial charge in [-0.1, -0.05) is 0 Å². The van der Waals surface area contributed by atoms with Crippen molar-refractivity contribution in [1.29, 1.82) is 0 Å². The molecule has 0 spiro atoms. The second-order valence-corrected chi connectivity index (χ2v) is 7.36. The van der Waals surface area contributed by atoms with Crippen LogP contribution in [0.2, 0.25) is 0 Å². The molecule has 3 aromatic rings. The summed E-state index contributed by atoms with van der Waals surface area (Å²) in [6.45, 7) is 3.96. The molecule has 22 heavy (non-hydrogen) atoms. The lowest BCUT2D eigenvalue weighted by Crippen LogP contribution is -2.11. The number of hydrogen-bond donors (Lipinski definition) is 1. The van der Waals surface area contributed by atoms with Gasteiger partial charge in [0.1, 0.15) is 10.7 Å². The van der Waals surface area contributed by atoms with Crippen LogP contribution in [-0.4, -0.2) is 20.9 Å². The van der Waals surface area contributed by atoms with Gasteiger partial charge in [-0.05, 0) is 32.3 Å². The molecule has 0 aromatic carbocycles. The van der Waals surface area contributed by atoms with E-state index in [1.807, 2.05) is 19.2 Å². The molecule has 7 heteroatoms. The molecule has 0 unspecified atom stereocenters. The fourth-order valence-electron chi connectivity index (χ4n) is 2.54. The van der Waals surface area contributed by atoms with E-state index < -0.39 is 0 Å². The number of carbonyl (C=O) groups excluding carboxylic acids is 1. The van der Waals surface area contributed by atoms with Gasteiger partial charge >= 0.3 is 0 Å². The van der Waals surface area contributed by atoms with E-state index in [9.17, 15) is 4.79 Å². The van der Waals surface area contributed by atoms with Crippen LogP contribution >= 0.6 is 22.7 Å². The molecule has 112 valence electrons. The zero-order valence-corrected chi connectivity index (χ0v) is 13.8. The van der Waals surface area contributed by atoms with Gasteiger partial charge in [-0.3, -0.25) is 10.1 Å². The van der Waals surface area contributed by atoms with Gasteiger partial charge in [0, 0.05) is 22.9 Å². The Bertz CT molecular complexity index is 865. The number of fused-ring (bicyclic) bond motifs is 1. The van der Waals surface area contributed by atoms with Crippen LogP contribution in [0, 0.1) is 13.8 Å². The predicted molar refractivity (Wildman–Crippen MR) is 88.9 cm³/mol. The first kappa shape index (κ1) is 13.8. The quantitative estimate of drug-likeness (QED) is 0.791. The normalized spacial score (nSPS) is 14.5. The molecule has 3 aromatic heterocycles. The van der Waals surface area contributed by atoms with Crippen molar-refractivity contribution in [2.24, 2.45) is 0 Å². The van der Waals surface area contributed by atoms with Crippen molar-refractivity contribution >= 4 is 43.9 Å². The van der Waals surface area contributed by atoms with Gasteiger partial charge in [0.25, 0.3) is 5.91 Å². The van der Waals surface area contributed by atoms with Gasteiger partial charge in [0.15, 0.2) is 5.13 Å². The van der Waals surface area contributed by atoms with Gasteiger partial charge < -0.3 is 0 Å². The van der Waals surface area contributed by atoms with E-state index in [1.165, 1.54) is 35.5 Å². The largest absolute Gasteiger partial charge is 0.297 e. The zero-order valence-electron chi connectivity index (χ0n) is 12.2. The minimum Gasteiger partial charge on any atom is -0.297 e. The molecule has 0 bridgehead atoms. The van der Waals surface area contributed by atoms with E-state index in [-0.39, 0.29) is 5.91 Å². The van der Waals surface area contributed by atoms with Crippen LogP contribution in [-0.2, 0) is 0 Å². The standard InChI is InChI=1S/C15H14N4OS2/c1-7-10-8(2)17-12(9-3-4-9)18-14(10)22-11(7)13(20)19-15-16-5-6-21-15/h5-6,9H,3-4H2,1-2H3,(H,16,19,20). The maximum atomic E-state index is 12.5. The fraction of sp³-hybridized carbons (Fsp3) is 0.333. The highest BCUT2D eigenvalue weighted by molar-refractivity contribution is 7.21. The summed E-state index contributed by atoms with van der Waals surface area (Å²) in [5, 5.41) is 6.30. The molecule has 4 rings (SSSR count). The van der Waals surface area contributed by atoms with Crippen LogP contribution in [0.25, 0.3) is 10.2 Å². The Morgan fingerprint density at radius 2 is 2.14 bits per heavy atom. The molecule has 5 nitrogen and oxygen atoms in total. The molecular weight excluding hydrogens is 316 g/mol. The number of hydrogen-bond acceptors (Lipinski definition) is 6. The Kier molecular flexibility index (Phi) is 3.19. The third kappa shape index (κ3) is 2.30. The average Bonchev–Trinajstić information content (AvgIpc) is 3.12. The second-order valence-electron chi connectivity index (χ2n) is 5.47. The van der Waals surface area contributed by atoms with Crippen molar-refractivity contribution in [2.75, 3.05) is 5.32 Å². The Morgan fingerprint density at radius 1 is 1.32 bits per heavy atom. The first-order chi connectivity index (χ1) is 10.6. The summed E-state index contributed by atoms with van der Waals surface area (Å²) in [5.41, 5.74) is 1.92. The maximum Gasteiger partial charge on any atom is 0.267 e. The van der Waals surface area contributed by atoms with Crippen LogP contribution in [0.15, 0.2) is 11.6 Å². The number of nitrogens with zero attached hydrogens (tertiary/aromatic N) is 3. The number of amides is 1. The number of anilines is 1. The van der Waals surface area contributed by atoms with Gasteiger partial charge in [-0.25, -0.2) is 15.0 Å². The van der Waals surface area contributed by atoms with Crippen molar-refractivity contribution in [2.45, 2.75) is 32.6 Å². The number of aryl methyl sites for hydroxylation is 2. The van der Waals surface area contributed by atoms with Gasteiger partial charge in [0.2, 0.25) is 0 Å². The number of rotatable bonds is 3. The summed E-state index contributed by atoms with van der Waals surface area (Å²) < 4.78 is 0. The van der Waals surface area contributed by atoms with Crippen LogP contribution in [0.5, 0.6) is 0 Å². The highest BCUT2D eigenvalue weighted by Gasteiger charge is 2.28. The third-order valence-corrected chi connectivity index (χ3v) is 5.66. The topological polar surface area (TPSA) is 67.8 Å². The molecule has 1 aliphatic rings. The second kappa shape index (κ2) is 5.10. The number of carbonyl (C=O) groups is 1. The molecule has 0 saturated heterocycles. The zero-order chi connectivity index (χ0) is 15.3. The lowest BCUT2D eigenvalue weighted by atomic mass is 10.1. The first-order valence-electron chi connectivity index (χ1n) is 7.12. The Balaban J connectivity index is 1.76. The number of aromatic nitrogens is 3. The van der Waals surface area contributed by atoms with Crippen molar-refractivity contribution in [3.05, 3.63) is 33.5 Å². The van der Waals surface area contributed by atoms with E-state index in [0.29, 0.717) is 15.9 Å². The minimum absolute atomic E-state index is 0.122. The summed E-state index contributed by atoms with van der Waals surface area (Å²) in [6, 6.07) is 0. The fourth-order valence-corrected chi connectivity index (χ4v) is 4.20. The minimum atomic E-state index is -0.122. The molecule has 1 amide bonds. The van der Waals surface area contributed by atoms with Crippen LogP contribution < -0.4 is 5.32 Å². The monoisotopic (exact) mass is 330 g/mol. The van der Waals surface area contributed by atoms with Crippen molar-refractivity contribution < 1.29 is 4.79 Å². The summed E-state index contributed by atoms with van der Waals surface area (Å²) in [4.78, 5) is 27.5.